The first-order chi connectivity index (χ1) is 2.89. The number of rotatable bonds is 0. The van der Waals surface area contributed by atoms with Crippen LogP contribution in [0.3, 0.4) is 0 Å². The van der Waals surface area contributed by atoms with Crippen molar-refractivity contribution in [1.29, 1.82) is 0 Å². The van der Waals surface area contributed by atoms with E-state index in [4.69, 9.17) is 0 Å². The molecular weight excluding hydrogens is 98.1 g/mol. The SMILES string of the molecule is O=C1CC=NS1. The van der Waals surface area contributed by atoms with Crippen molar-refractivity contribution >= 4 is 23.3 Å². The van der Waals surface area contributed by atoms with Crippen LogP contribution in [0.5, 0.6) is 0 Å². The summed E-state index contributed by atoms with van der Waals surface area (Å²) >= 11 is 1.03. The Balaban J connectivity index is 2.52. The maximum absolute atomic E-state index is 10.1. The number of hydrogen-bond donors (Lipinski definition) is 0. The average Bonchev–Trinajstić information content (AvgIpc) is 1.86. The van der Waals surface area contributed by atoms with Crippen LogP contribution in [0.15, 0.2) is 4.40 Å². The fourth-order valence-electron chi connectivity index (χ4n) is 0.245. The van der Waals surface area contributed by atoms with Crippen LogP contribution >= 0.6 is 11.9 Å². The molecule has 1 heterocycles. The van der Waals surface area contributed by atoms with Gasteiger partial charge >= 0.3 is 0 Å². The van der Waals surface area contributed by atoms with E-state index >= 15 is 0 Å². The molecule has 0 aromatic heterocycles. The molecule has 0 saturated carbocycles. The van der Waals surface area contributed by atoms with Crippen LogP contribution in [0, 0.1) is 0 Å². The van der Waals surface area contributed by atoms with E-state index in [1.165, 1.54) is 0 Å². The molecule has 1 aliphatic heterocycles. The van der Waals surface area contributed by atoms with Gasteiger partial charge in [-0.3, -0.25) is 4.79 Å². The minimum atomic E-state index is 0.148. The van der Waals surface area contributed by atoms with Gasteiger partial charge in [0.15, 0.2) is 0 Å². The van der Waals surface area contributed by atoms with Crippen LogP contribution in [0.2, 0.25) is 0 Å². The van der Waals surface area contributed by atoms with Crippen LogP contribution in [0.4, 0.5) is 0 Å². The molecule has 1 rings (SSSR count). The highest BCUT2D eigenvalue weighted by Crippen LogP contribution is 2.10. The zero-order valence-electron chi connectivity index (χ0n) is 3.05. The Labute approximate surface area is 39.8 Å². The Bertz CT molecular complexity index is 89.0. The highest BCUT2D eigenvalue weighted by atomic mass is 32.2. The highest BCUT2D eigenvalue weighted by Gasteiger charge is 2.02. The maximum Gasteiger partial charge on any atom is 0.216 e. The molecule has 0 spiro atoms. The molecule has 0 atom stereocenters. The van der Waals surface area contributed by atoms with Gasteiger partial charge in [-0.1, -0.05) is 0 Å². The van der Waals surface area contributed by atoms with E-state index in [-0.39, 0.29) is 5.12 Å². The topological polar surface area (TPSA) is 29.4 Å². The van der Waals surface area contributed by atoms with Crippen molar-refractivity contribution in [3.63, 3.8) is 0 Å². The Morgan fingerprint density at radius 3 is 3.00 bits per heavy atom. The Morgan fingerprint density at radius 2 is 2.83 bits per heavy atom. The van der Waals surface area contributed by atoms with E-state index in [1.807, 2.05) is 0 Å². The Hall–Kier alpha value is -0.310. The van der Waals surface area contributed by atoms with Crippen LogP contribution in [-0.4, -0.2) is 11.3 Å². The van der Waals surface area contributed by atoms with Crippen LogP contribution in [0.1, 0.15) is 6.42 Å². The van der Waals surface area contributed by atoms with E-state index < -0.39 is 0 Å². The van der Waals surface area contributed by atoms with E-state index in [2.05, 4.69) is 4.40 Å². The van der Waals surface area contributed by atoms with Gasteiger partial charge in [-0.15, -0.1) is 0 Å². The summed E-state index contributed by atoms with van der Waals surface area (Å²) in [6.07, 6.45) is 2.14. The zero-order valence-corrected chi connectivity index (χ0v) is 3.86. The minimum Gasteiger partial charge on any atom is -0.285 e. The summed E-state index contributed by atoms with van der Waals surface area (Å²) in [4.78, 5) is 10.1. The van der Waals surface area contributed by atoms with Crippen molar-refractivity contribution < 1.29 is 4.79 Å². The van der Waals surface area contributed by atoms with Gasteiger partial charge in [0.2, 0.25) is 5.12 Å². The molecule has 0 aliphatic carbocycles. The standard InChI is InChI=1S/C3H3NOS/c5-3-1-2-4-6-3/h2H,1H2. The molecule has 0 amide bonds. The van der Waals surface area contributed by atoms with E-state index in [0.29, 0.717) is 6.42 Å². The molecule has 0 N–H and O–H groups in total. The lowest BCUT2D eigenvalue weighted by molar-refractivity contribution is -0.109. The fraction of sp³-hybridized carbons (Fsp3) is 0.333. The monoisotopic (exact) mass is 101 g/mol. The first-order valence-corrected chi connectivity index (χ1v) is 2.38. The second kappa shape index (κ2) is 1.43. The van der Waals surface area contributed by atoms with Gasteiger partial charge in [-0.25, -0.2) is 4.40 Å². The second-order valence-electron chi connectivity index (χ2n) is 0.955. The maximum atomic E-state index is 10.1. The smallest absolute Gasteiger partial charge is 0.216 e. The molecule has 0 unspecified atom stereocenters. The van der Waals surface area contributed by atoms with Gasteiger partial charge in [-0.2, -0.15) is 0 Å². The van der Waals surface area contributed by atoms with Gasteiger partial charge in [0, 0.05) is 18.2 Å². The van der Waals surface area contributed by atoms with Crippen molar-refractivity contribution in [2.75, 3.05) is 0 Å². The zero-order chi connectivity index (χ0) is 4.41. The van der Waals surface area contributed by atoms with Gasteiger partial charge in [-0.05, 0) is 0 Å². The largest absolute Gasteiger partial charge is 0.285 e. The third-order valence-electron chi connectivity index (χ3n) is 0.487. The van der Waals surface area contributed by atoms with Crippen LogP contribution in [-0.2, 0) is 4.79 Å². The lowest BCUT2D eigenvalue weighted by Crippen LogP contribution is -1.79. The average molecular weight is 101 g/mol. The lowest BCUT2D eigenvalue weighted by Gasteiger charge is -1.69. The van der Waals surface area contributed by atoms with Crippen molar-refractivity contribution in [1.82, 2.24) is 0 Å². The highest BCUT2D eigenvalue weighted by molar-refractivity contribution is 8.13. The number of carbonyl (C=O) groups is 1. The minimum absolute atomic E-state index is 0.148. The third-order valence-corrected chi connectivity index (χ3v) is 1.11. The molecule has 32 valence electrons. The third kappa shape index (κ3) is 0.597. The van der Waals surface area contributed by atoms with Gasteiger partial charge in [0.1, 0.15) is 0 Å². The lowest BCUT2D eigenvalue weighted by atomic mass is 10.5. The summed E-state index contributed by atoms with van der Waals surface area (Å²) in [5.74, 6) is 0. The quantitative estimate of drug-likeness (QED) is 0.419. The molecule has 6 heavy (non-hydrogen) atoms. The van der Waals surface area contributed by atoms with E-state index in [0.717, 1.165) is 11.9 Å². The first-order valence-electron chi connectivity index (χ1n) is 1.61. The molecule has 3 heteroatoms. The van der Waals surface area contributed by atoms with Gasteiger partial charge in [0.25, 0.3) is 0 Å². The van der Waals surface area contributed by atoms with Gasteiger partial charge in [0.05, 0.1) is 6.42 Å². The molecule has 0 bridgehead atoms. The summed E-state index contributed by atoms with van der Waals surface area (Å²) in [5.41, 5.74) is 0. The predicted molar refractivity (Wildman–Crippen MR) is 25.7 cm³/mol. The summed E-state index contributed by atoms with van der Waals surface area (Å²) < 4.78 is 3.61. The number of nitrogens with zero attached hydrogens (tertiary/aromatic N) is 1. The van der Waals surface area contributed by atoms with Crippen molar-refractivity contribution in [2.24, 2.45) is 4.40 Å². The van der Waals surface area contributed by atoms with E-state index in [1.54, 1.807) is 6.21 Å². The number of carbonyl (C=O) groups excluding carboxylic acids is 1. The second-order valence-corrected chi connectivity index (χ2v) is 1.80. The molecule has 0 fully saturated rings. The Kier molecular flexibility index (Phi) is 0.919. The molecule has 0 radical (unpaired) electrons. The summed E-state index contributed by atoms with van der Waals surface area (Å²) in [7, 11) is 0. The summed E-state index contributed by atoms with van der Waals surface area (Å²) in [5, 5.41) is 0.148. The molecule has 2 nitrogen and oxygen atoms in total. The van der Waals surface area contributed by atoms with Gasteiger partial charge < -0.3 is 0 Å². The van der Waals surface area contributed by atoms with Crippen LogP contribution < -0.4 is 0 Å². The first kappa shape index (κ1) is 3.87. The van der Waals surface area contributed by atoms with Crippen LogP contribution in [0.25, 0.3) is 0 Å². The van der Waals surface area contributed by atoms with Crippen molar-refractivity contribution in [3.05, 3.63) is 0 Å². The molecule has 0 aromatic carbocycles. The molecule has 0 aromatic rings. The summed E-state index contributed by atoms with van der Waals surface area (Å²) in [6.45, 7) is 0. The molecule has 0 saturated heterocycles. The Morgan fingerprint density at radius 1 is 2.00 bits per heavy atom. The molecular formula is C3H3NOS. The van der Waals surface area contributed by atoms with Crippen molar-refractivity contribution in [3.8, 4) is 0 Å². The van der Waals surface area contributed by atoms with E-state index in [9.17, 15) is 4.79 Å². The summed E-state index contributed by atoms with van der Waals surface area (Å²) in [6, 6.07) is 0. The predicted octanol–water partition coefficient (Wildman–Crippen LogP) is 0.636. The fourth-order valence-corrected chi connectivity index (χ4v) is 0.661. The normalized spacial score (nSPS) is 19.7. The number of hydrogen-bond acceptors (Lipinski definition) is 3. The molecule has 1 aliphatic rings. The van der Waals surface area contributed by atoms with Crippen molar-refractivity contribution in [2.45, 2.75) is 6.42 Å².